The van der Waals surface area contributed by atoms with Crippen molar-refractivity contribution in [2.24, 2.45) is 0 Å². The Morgan fingerprint density at radius 3 is 2.69 bits per heavy atom. The number of aryl methyl sites for hydroxylation is 2. The molecule has 0 radical (unpaired) electrons. The van der Waals surface area contributed by atoms with Crippen LogP contribution in [0.2, 0.25) is 0 Å². The SMILES string of the molecule is CCc1oc(-c2cc(N)cc(Br)c2)nc1C. The number of anilines is 1. The summed E-state index contributed by atoms with van der Waals surface area (Å²) in [5.74, 6) is 1.55. The maximum absolute atomic E-state index is 5.77. The van der Waals surface area contributed by atoms with Crippen molar-refractivity contribution in [3.63, 3.8) is 0 Å². The van der Waals surface area contributed by atoms with E-state index in [4.69, 9.17) is 10.2 Å². The minimum atomic E-state index is 0.627. The fourth-order valence-electron chi connectivity index (χ4n) is 1.62. The van der Waals surface area contributed by atoms with Gasteiger partial charge in [-0.25, -0.2) is 4.98 Å². The molecule has 0 atom stereocenters. The molecule has 1 heterocycles. The summed E-state index contributed by atoms with van der Waals surface area (Å²) < 4.78 is 6.60. The highest BCUT2D eigenvalue weighted by Crippen LogP contribution is 2.27. The zero-order chi connectivity index (χ0) is 11.7. The number of hydrogen-bond donors (Lipinski definition) is 1. The number of oxazole rings is 1. The number of hydrogen-bond acceptors (Lipinski definition) is 3. The van der Waals surface area contributed by atoms with Gasteiger partial charge in [-0.05, 0) is 25.1 Å². The Morgan fingerprint density at radius 2 is 2.12 bits per heavy atom. The van der Waals surface area contributed by atoms with Crippen molar-refractivity contribution < 1.29 is 4.42 Å². The predicted molar refractivity (Wildman–Crippen MR) is 68.2 cm³/mol. The van der Waals surface area contributed by atoms with Crippen LogP contribution in [0.5, 0.6) is 0 Å². The highest BCUT2D eigenvalue weighted by Gasteiger charge is 2.10. The lowest BCUT2D eigenvalue weighted by Gasteiger charge is -1.99. The molecule has 0 unspecified atom stereocenters. The summed E-state index contributed by atoms with van der Waals surface area (Å²) in [6.45, 7) is 4.00. The highest BCUT2D eigenvalue weighted by molar-refractivity contribution is 9.10. The molecule has 3 nitrogen and oxygen atoms in total. The first-order valence-corrected chi connectivity index (χ1v) is 5.92. The zero-order valence-electron chi connectivity index (χ0n) is 9.25. The van der Waals surface area contributed by atoms with Gasteiger partial charge in [0.1, 0.15) is 5.76 Å². The average molecular weight is 281 g/mol. The molecule has 1 aromatic heterocycles. The van der Waals surface area contributed by atoms with Crippen LogP contribution in [0.15, 0.2) is 27.1 Å². The molecule has 0 fully saturated rings. The van der Waals surface area contributed by atoms with E-state index in [0.717, 1.165) is 27.9 Å². The monoisotopic (exact) mass is 280 g/mol. The Morgan fingerprint density at radius 1 is 1.38 bits per heavy atom. The Balaban J connectivity index is 2.49. The second-order valence-corrected chi connectivity index (χ2v) is 4.57. The van der Waals surface area contributed by atoms with Gasteiger partial charge in [0.25, 0.3) is 0 Å². The molecule has 2 rings (SSSR count). The van der Waals surface area contributed by atoms with Crippen LogP contribution in [0.25, 0.3) is 11.5 Å². The van der Waals surface area contributed by atoms with E-state index >= 15 is 0 Å². The van der Waals surface area contributed by atoms with E-state index in [9.17, 15) is 0 Å². The van der Waals surface area contributed by atoms with Crippen molar-refractivity contribution in [3.05, 3.63) is 34.1 Å². The van der Waals surface area contributed by atoms with E-state index < -0.39 is 0 Å². The summed E-state index contributed by atoms with van der Waals surface area (Å²) in [7, 11) is 0. The highest BCUT2D eigenvalue weighted by atomic mass is 79.9. The van der Waals surface area contributed by atoms with Crippen molar-refractivity contribution in [1.82, 2.24) is 4.98 Å². The predicted octanol–water partition coefficient (Wildman–Crippen LogP) is 3.56. The first-order valence-electron chi connectivity index (χ1n) is 5.13. The van der Waals surface area contributed by atoms with E-state index in [0.29, 0.717) is 11.6 Å². The van der Waals surface area contributed by atoms with Gasteiger partial charge in [0.15, 0.2) is 0 Å². The van der Waals surface area contributed by atoms with E-state index in [1.165, 1.54) is 0 Å². The lowest BCUT2D eigenvalue weighted by molar-refractivity contribution is 0.522. The quantitative estimate of drug-likeness (QED) is 0.856. The van der Waals surface area contributed by atoms with Crippen molar-refractivity contribution in [1.29, 1.82) is 0 Å². The van der Waals surface area contributed by atoms with Crippen LogP contribution in [0, 0.1) is 6.92 Å². The molecule has 1 aromatic carbocycles. The minimum absolute atomic E-state index is 0.627. The van der Waals surface area contributed by atoms with Crippen molar-refractivity contribution in [2.45, 2.75) is 20.3 Å². The van der Waals surface area contributed by atoms with Crippen LogP contribution in [-0.2, 0) is 6.42 Å². The second kappa shape index (κ2) is 4.29. The molecular formula is C12H13BrN2O. The first-order chi connectivity index (χ1) is 7.60. The van der Waals surface area contributed by atoms with Gasteiger partial charge >= 0.3 is 0 Å². The van der Waals surface area contributed by atoms with E-state index in [1.54, 1.807) is 0 Å². The van der Waals surface area contributed by atoms with Crippen LogP contribution in [-0.4, -0.2) is 4.98 Å². The molecule has 16 heavy (non-hydrogen) atoms. The van der Waals surface area contributed by atoms with Crippen LogP contribution in [0.3, 0.4) is 0 Å². The largest absolute Gasteiger partial charge is 0.441 e. The van der Waals surface area contributed by atoms with E-state index in [-0.39, 0.29) is 0 Å². The second-order valence-electron chi connectivity index (χ2n) is 3.65. The standard InChI is InChI=1S/C12H13BrN2O/c1-3-11-7(2)15-12(16-11)8-4-9(13)6-10(14)5-8/h4-6H,3,14H2,1-2H3. The van der Waals surface area contributed by atoms with Gasteiger partial charge in [0.2, 0.25) is 5.89 Å². The first kappa shape index (κ1) is 11.2. The normalized spacial score (nSPS) is 10.7. The summed E-state index contributed by atoms with van der Waals surface area (Å²) in [5.41, 5.74) is 8.31. The van der Waals surface area contributed by atoms with Crippen LogP contribution in [0.1, 0.15) is 18.4 Å². The van der Waals surface area contributed by atoms with Crippen molar-refractivity contribution in [2.75, 3.05) is 5.73 Å². The van der Waals surface area contributed by atoms with Crippen molar-refractivity contribution in [3.8, 4) is 11.5 Å². The van der Waals surface area contributed by atoms with Gasteiger partial charge in [0.05, 0.1) is 5.69 Å². The summed E-state index contributed by atoms with van der Waals surface area (Å²) >= 11 is 3.40. The topological polar surface area (TPSA) is 52.0 Å². The number of nitrogens with zero attached hydrogens (tertiary/aromatic N) is 1. The molecule has 0 bridgehead atoms. The molecule has 0 saturated heterocycles. The summed E-state index contributed by atoms with van der Waals surface area (Å²) in [6, 6.07) is 5.65. The van der Waals surface area contributed by atoms with Crippen LogP contribution in [0.4, 0.5) is 5.69 Å². The van der Waals surface area contributed by atoms with Gasteiger partial charge in [-0.2, -0.15) is 0 Å². The van der Waals surface area contributed by atoms with Gasteiger partial charge in [-0.3, -0.25) is 0 Å². The summed E-state index contributed by atoms with van der Waals surface area (Å²) in [6.07, 6.45) is 0.850. The van der Waals surface area contributed by atoms with Crippen molar-refractivity contribution >= 4 is 21.6 Å². The fourth-order valence-corrected chi connectivity index (χ4v) is 2.13. The van der Waals surface area contributed by atoms with Crippen LogP contribution >= 0.6 is 15.9 Å². The Bertz CT molecular complexity index is 499. The Kier molecular flexibility index (Phi) is 3.01. The average Bonchev–Trinajstić information content (AvgIpc) is 2.58. The smallest absolute Gasteiger partial charge is 0.226 e. The van der Waals surface area contributed by atoms with Gasteiger partial charge in [0, 0.05) is 22.1 Å². The number of halogens is 1. The molecule has 0 amide bonds. The third kappa shape index (κ3) is 2.11. The zero-order valence-corrected chi connectivity index (χ0v) is 10.8. The molecule has 0 aliphatic heterocycles. The lowest BCUT2D eigenvalue weighted by atomic mass is 10.2. The molecule has 84 valence electrons. The van der Waals surface area contributed by atoms with E-state index in [1.807, 2.05) is 32.0 Å². The molecule has 2 N–H and O–H groups in total. The number of nitrogen functional groups attached to an aromatic ring is 1. The number of nitrogens with two attached hydrogens (primary N) is 1. The van der Waals surface area contributed by atoms with Gasteiger partial charge in [-0.15, -0.1) is 0 Å². The molecule has 0 spiro atoms. The third-order valence-corrected chi connectivity index (χ3v) is 2.84. The molecule has 0 aliphatic rings. The van der Waals surface area contributed by atoms with Gasteiger partial charge in [-0.1, -0.05) is 22.9 Å². The fraction of sp³-hybridized carbons (Fsp3) is 0.250. The maximum Gasteiger partial charge on any atom is 0.226 e. The number of rotatable bonds is 2. The molecule has 2 aromatic rings. The van der Waals surface area contributed by atoms with Crippen LogP contribution < -0.4 is 5.73 Å². The third-order valence-electron chi connectivity index (χ3n) is 2.38. The van der Waals surface area contributed by atoms with E-state index in [2.05, 4.69) is 20.9 Å². The molecular weight excluding hydrogens is 268 g/mol. The molecule has 4 heteroatoms. The van der Waals surface area contributed by atoms with Gasteiger partial charge < -0.3 is 10.2 Å². The minimum Gasteiger partial charge on any atom is -0.441 e. The molecule has 0 aliphatic carbocycles. The number of benzene rings is 1. The summed E-state index contributed by atoms with van der Waals surface area (Å²) in [5, 5.41) is 0. The number of aromatic nitrogens is 1. The maximum atomic E-state index is 5.77. The Hall–Kier alpha value is -1.29. The Labute approximate surface area is 103 Å². The molecule has 0 saturated carbocycles. The lowest BCUT2D eigenvalue weighted by Crippen LogP contribution is -1.86. The summed E-state index contributed by atoms with van der Waals surface area (Å²) in [4.78, 5) is 4.39.